The van der Waals surface area contributed by atoms with Crippen molar-refractivity contribution in [2.45, 2.75) is 18.6 Å². The van der Waals surface area contributed by atoms with Gasteiger partial charge in [0.25, 0.3) is 0 Å². The average molecular weight is 241 g/mol. The summed E-state index contributed by atoms with van der Waals surface area (Å²) in [6.07, 6.45) is 0.820. The van der Waals surface area contributed by atoms with Gasteiger partial charge in [-0.1, -0.05) is 12.1 Å². The van der Waals surface area contributed by atoms with Crippen molar-refractivity contribution >= 4 is 10.8 Å². The molecule has 2 N–H and O–H groups in total. The highest BCUT2D eigenvalue weighted by atomic mass is 32.2. The molecule has 0 aliphatic heterocycles. The van der Waals surface area contributed by atoms with Crippen molar-refractivity contribution in [3.63, 3.8) is 0 Å². The van der Waals surface area contributed by atoms with Gasteiger partial charge in [-0.25, -0.2) is 0 Å². The lowest BCUT2D eigenvalue weighted by atomic mass is 10.2. The first-order valence-electron chi connectivity index (χ1n) is 5.37. The Kier molecular flexibility index (Phi) is 5.49. The van der Waals surface area contributed by atoms with E-state index in [1.165, 1.54) is 5.56 Å². The molecule has 4 heteroatoms. The summed E-state index contributed by atoms with van der Waals surface area (Å²) in [5.41, 5.74) is 6.65. The smallest absolute Gasteiger partial charge is 0.118 e. The van der Waals surface area contributed by atoms with Crippen LogP contribution >= 0.6 is 0 Å². The van der Waals surface area contributed by atoms with E-state index >= 15 is 0 Å². The maximum atomic E-state index is 11.7. The van der Waals surface area contributed by atoms with Gasteiger partial charge in [-0.3, -0.25) is 4.21 Å². The standard InChI is InChI=1S/C12H19NO2S/c1-10(9-13)16(14)8-7-11-3-5-12(15-2)6-4-11/h3-6,10H,7-9,13H2,1-2H3. The molecule has 0 aliphatic carbocycles. The number of aryl methyl sites for hydroxylation is 1. The number of ether oxygens (including phenoxy) is 1. The normalized spacial score (nSPS) is 14.4. The number of rotatable bonds is 6. The van der Waals surface area contributed by atoms with Gasteiger partial charge >= 0.3 is 0 Å². The first kappa shape index (κ1) is 13.2. The maximum Gasteiger partial charge on any atom is 0.118 e. The molecule has 0 bridgehead atoms. The minimum absolute atomic E-state index is 0.0817. The zero-order valence-electron chi connectivity index (χ0n) is 9.81. The van der Waals surface area contributed by atoms with E-state index in [-0.39, 0.29) is 5.25 Å². The van der Waals surface area contributed by atoms with Crippen LogP contribution in [0.15, 0.2) is 24.3 Å². The molecule has 3 nitrogen and oxygen atoms in total. The number of benzene rings is 1. The second-order valence-corrected chi connectivity index (χ2v) is 5.70. The van der Waals surface area contributed by atoms with Crippen molar-refractivity contribution in [1.82, 2.24) is 0 Å². The van der Waals surface area contributed by atoms with E-state index in [0.29, 0.717) is 12.3 Å². The Morgan fingerprint density at radius 1 is 1.38 bits per heavy atom. The largest absolute Gasteiger partial charge is 0.497 e. The van der Waals surface area contributed by atoms with E-state index in [1.54, 1.807) is 7.11 Å². The third-order valence-corrected chi connectivity index (χ3v) is 4.23. The van der Waals surface area contributed by atoms with Gasteiger partial charge in [0, 0.05) is 28.3 Å². The van der Waals surface area contributed by atoms with E-state index in [4.69, 9.17) is 10.5 Å². The first-order valence-corrected chi connectivity index (χ1v) is 6.75. The fourth-order valence-electron chi connectivity index (χ4n) is 1.32. The third-order valence-electron chi connectivity index (χ3n) is 2.53. The van der Waals surface area contributed by atoms with Crippen molar-refractivity contribution in [2.75, 3.05) is 19.4 Å². The van der Waals surface area contributed by atoms with Crippen LogP contribution < -0.4 is 10.5 Å². The van der Waals surface area contributed by atoms with Crippen LogP contribution in [0.25, 0.3) is 0 Å². The van der Waals surface area contributed by atoms with Gasteiger partial charge in [0.2, 0.25) is 0 Å². The Morgan fingerprint density at radius 3 is 2.50 bits per heavy atom. The Hall–Kier alpha value is -0.870. The van der Waals surface area contributed by atoms with Gasteiger partial charge in [0.05, 0.1) is 7.11 Å². The minimum atomic E-state index is -0.829. The molecule has 0 spiro atoms. The van der Waals surface area contributed by atoms with Crippen molar-refractivity contribution < 1.29 is 8.95 Å². The lowest BCUT2D eigenvalue weighted by molar-refractivity contribution is 0.414. The van der Waals surface area contributed by atoms with E-state index < -0.39 is 10.8 Å². The van der Waals surface area contributed by atoms with Crippen LogP contribution in [0.1, 0.15) is 12.5 Å². The van der Waals surface area contributed by atoms with Crippen LogP contribution in [0, 0.1) is 0 Å². The summed E-state index contributed by atoms with van der Waals surface area (Å²) in [7, 11) is 0.817. The van der Waals surface area contributed by atoms with Gasteiger partial charge in [0.15, 0.2) is 0 Å². The molecule has 1 aromatic rings. The monoisotopic (exact) mass is 241 g/mol. The highest BCUT2D eigenvalue weighted by molar-refractivity contribution is 7.85. The predicted molar refractivity (Wildman–Crippen MR) is 68.2 cm³/mol. The summed E-state index contributed by atoms with van der Waals surface area (Å²) in [6.45, 7) is 2.40. The molecule has 0 aromatic heterocycles. The molecule has 0 fully saturated rings. The van der Waals surface area contributed by atoms with Crippen molar-refractivity contribution in [3.8, 4) is 5.75 Å². The molecule has 0 saturated carbocycles. The Bertz CT molecular complexity index is 337. The van der Waals surface area contributed by atoms with E-state index in [2.05, 4.69) is 0 Å². The molecule has 1 aromatic carbocycles. The van der Waals surface area contributed by atoms with Gasteiger partial charge < -0.3 is 10.5 Å². The fraction of sp³-hybridized carbons (Fsp3) is 0.500. The first-order chi connectivity index (χ1) is 7.67. The summed E-state index contributed by atoms with van der Waals surface area (Å²) >= 11 is 0. The zero-order valence-corrected chi connectivity index (χ0v) is 10.6. The van der Waals surface area contributed by atoms with Crippen LogP contribution in [0.2, 0.25) is 0 Å². The van der Waals surface area contributed by atoms with E-state index in [0.717, 1.165) is 12.2 Å². The lowest BCUT2D eigenvalue weighted by Gasteiger charge is -2.08. The van der Waals surface area contributed by atoms with E-state index in [1.807, 2.05) is 31.2 Å². The van der Waals surface area contributed by atoms with Crippen molar-refractivity contribution in [3.05, 3.63) is 29.8 Å². The third kappa shape index (κ3) is 3.94. The van der Waals surface area contributed by atoms with Crippen LogP contribution in [-0.2, 0) is 17.2 Å². The molecular weight excluding hydrogens is 222 g/mol. The number of methoxy groups -OCH3 is 1. The van der Waals surface area contributed by atoms with Crippen LogP contribution in [0.5, 0.6) is 5.75 Å². The fourth-order valence-corrected chi connectivity index (χ4v) is 2.37. The molecule has 2 atom stereocenters. The number of hydrogen-bond acceptors (Lipinski definition) is 3. The summed E-state index contributed by atoms with van der Waals surface area (Å²) in [6, 6.07) is 7.85. The second kappa shape index (κ2) is 6.66. The molecule has 0 amide bonds. The molecule has 16 heavy (non-hydrogen) atoms. The Labute approximate surface area is 99.4 Å². The summed E-state index contributed by atoms with van der Waals surface area (Å²) in [4.78, 5) is 0. The molecule has 0 aliphatic rings. The van der Waals surface area contributed by atoms with Crippen molar-refractivity contribution in [2.24, 2.45) is 5.73 Å². The van der Waals surface area contributed by atoms with Gasteiger partial charge in [0.1, 0.15) is 5.75 Å². The Morgan fingerprint density at radius 2 is 2.00 bits per heavy atom. The quantitative estimate of drug-likeness (QED) is 0.817. The topological polar surface area (TPSA) is 52.3 Å². The molecule has 0 heterocycles. The van der Waals surface area contributed by atoms with Gasteiger partial charge in [-0.15, -0.1) is 0 Å². The molecule has 2 unspecified atom stereocenters. The zero-order chi connectivity index (χ0) is 12.0. The van der Waals surface area contributed by atoms with E-state index in [9.17, 15) is 4.21 Å². The predicted octanol–water partition coefficient (Wildman–Crippen LogP) is 1.33. The summed E-state index contributed by atoms with van der Waals surface area (Å²) in [5, 5.41) is 0.0817. The highest BCUT2D eigenvalue weighted by Crippen LogP contribution is 2.12. The lowest BCUT2D eigenvalue weighted by Crippen LogP contribution is -2.24. The SMILES string of the molecule is COc1ccc(CCS(=O)C(C)CN)cc1. The second-order valence-electron chi connectivity index (χ2n) is 3.73. The molecule has 90 valence electrons. The maximum absolute atomic E-state index is 11.7. The molecule has 0 radical (unpaired) electrons. The average Bonchev–Trinajstić information content (AvgIpc) is 2.35. The molecule has 0 saturated heterocycles. The summed E-state index contributed by atoms with van der Waals surface area (Å²) < 4.78 is 16.8. The van der Waals surface area contributed by atoms with Gasteiger partial charge in [-0.05, 0) is 31.0 Å². The van der Waals surface area contributed by atoms with Crippen LogP contribution in [0.3, 0.4) is 0 Å². The number of hydrogen-bond donors (Lipinski definition) is 1. The van der Waals surface area contributed by atoms with Gasteiger partial charge in [-0.2, -0.15) is 0 Å². The Balaban J connectivity index is 2.45. The van der Waals surface area contributed by atoms with Crippen LogP contribution in [-0.4, -0.2) is 28.9 Å². The van der Waals surface area contributed by atoms with Crippen LogP contribution in [0.4, 0.5) is 0 Å². The highest BCUT2D eigenvalue weighted by Gasteiger charge is 2.08. The molecular formula is C12H19NO2S. The minimum Gasteiger partial charge on any atom is -0.497 e. The van der Waals surface area contributed by atoms with Crippen molar-refractivity contribution in [1.29, 1.82) is 0 Å². The number of nitrogens with two attached hydrogens (primary N) is 1. The molecule has 1 rings (SSSR count). The summed E-state index contributed by atoms with van der Waals surface area (Å²) in [5.74, 6) is 1.52.